The molecule has 0 spiro atoms. The number of guanidine groups is 1. The molecule has 0 aromatic heterocycles. The van der Waals surface area contributed by atoms with Gasteiger partial charge in [0.05, 0.1) is 11.6 Å². The van der Waals surface area contributed by atoms with E-state index in [4.69, 9.17) is 21.1 Å². The van der Waals surface area contributed by atoms with Crippen molar-refractivity contribution in [3.8, 4) is 5.75 Å². The van der Waals surface area contributed by atoms with E-state index in [0.29, 0.717) is 23.4 Å². The van der Waals surface area contributed by atoms with Crippen LogP contribution >= 0.6 is 35.6 Å². The minimum absolute atomic E-state index is 0. The van der Waals surface area contributed by atoms with E-state index in [0.717, 1.165) is 51.5 Å². The molecule has 6 nitrogen and oxygen atoms in total. The average Bonchev–Trinajstić information content (AvgIpc) is 2.68. The summed E-state index contributed by atoms with van der Waals surface area (Å²) in [6.45, 7) is 6.85. The lowest BCUT2D eigenvalue weighted by Gasteiger charge is -2.33. The maximum atomic E-state index is 6.15. The first-order chi connectivity index (χ1) is 13.1. The Morgan fingerprint density at radius 2 is 2.04 bits per heavy atom. The number of para-hydroxylation sites is 1. The molecule has 8 heteroatoms. The van der Waals surface area contributed by atoms with E-state index in [1.165, 1.54) is 0 Å². The summed E-state index contributed by atoms with van der Waals surface area (Å²) in [5.41, 5.74) is 0. The van der Waals surface area contributed by atoms with Gasteiger partial charge >= 0.3 is 0 Å². The fourth-order valence-corrected chi connectivity index (χ4v) is 3.34. The van der Waals surface area contributed by atoms with Crippen LogP contribution in [-0.4, -0.2) is 69.9 Å². The van der Waals surface area contributed by atoms with Crippen LogP contribution in [0.4, 0.5) is 0 Å². The van der Waals surface area contributed by atoms with Crippen LogP contribution in [0.1, 0.15) is 26.2 Å². The van der Waals surface area contributed by atoms with Crippen LogP contribution in [0.3, 0.4) is 0 Å². The molecular weight excluding hydrogens is 491 g/mol. The van der Waals surface area contributed by atoms with Crippen LogP contribution in [0.2, 0.25) is 5.02 Å². The van der Waals surface area contributed by atoms with Crippen LogP contribution in [0.15, 0.2) is 29.3 Å². The lowest BCUT2D eigenvalue weighted by molar-refractivity contribution is 0.155. The van der Waals surface area contributed by atoms with Crippen molar-refractivity contribution in [3.63, 3.8) is 0 Å². The predicted octanol–water partition coefficient (Wildman–Crippen LogP) is 3.39. The summed E-state index contributed by atoms with van der Waals surface area (Å²) < 4.78 is 11.0. The van der Waals surface area contributed by atoms with Crippen molar-refractivity contribution in [2.45, 2.75) is 38.3 Å². The summed E-state index contributed by atoms with van der Waals surface area (Å²) in [4.78, 5) is 6.85. The van der Waals surface area contributed by atoms with Gasteiger partial charge in [0, 0.05) is 46.4 Å². The van der Waals surface area contributed by atoms with Gasteiger partial charge < -0.3 is 25.0 Å². The number of ether oxygens (including phenoxy) is 2. The molecule has 2 rings (SSSR count). The van der Waals surface area contributed by atoms with Gasteiger partial charge in [0.1, 0.15) is 11.9 Å². The molecule has 1 heterocycles. The molecule has 160 valence electrons. The van der Waals surface area contributed by atoms with Crippen LogP contribution in [0.25, 0.3) is 0 Å². The van der Waals surface area contributed by atoms with Crippen LogP contribution in [0.5, 0.6) is 5.75 Å². The van der Waals surface area contributed by atoms with Gasteiger partial charge in [-0.15, -0.1) is 24.0 Å². The van der Waals surface area contributed by atoms with Gasteiger partial charge in [0.25, 0.3) is 0 Å². The molecule has 1 aliphatic rings. The van der Waals surface area contributed by atoms with E-state index in [2.05, 4.69) is 20.5 Å². The van der Waals surface area contributed by atoms with Crippen molar-refractivity contribution < 1.29 is 9.47 Å². The van der Waals surface area contributed by atoms with Crippen LogP contribution < -0.4 is 15.4 Å². The number of rotatable bonds is 9. The Kier molecular flexibility index (Phi) is 12.9. The van der Waals surface area contributed by atoms with Crippen molar-refractivity contribution in [2.75, 3.05) is 46.9 Å². The third-order valence-electron chi connectivity index (χ3n) is 4.70. The Hall–Kier alpha value is -0.770. The summed E-state index contributed by atoms with van der Waals surface area (Å²) in [7, 11) is 3.56. The molecule has 1 atom stereocenters. The fraction of sp³-hybridized carbons (Fsp3) is 0.650. The highest BCUT2D eigenvalue weighted by Gasteiger charge is 2.19. The first-order valence-corrected chi connectivity index (χ1v) is 10.1. The number of benzene rings is 1. The van der Waals surface area contributed by atoms with Gasteiger partial charge in [-0.05, 0) is 38.3 Å². The third-order valence-corrected chi connectivity index (χ3v) is 5.01. The molecule has 0 aliphatic carbocycles. The quantitative estimate of drug-likeness (QED) is 0.224. The van der Waals surface area contributed by atoms with E-state index < -0.39 is 0 Å². The van der Waals surface area contributed by atoms with Gasteiger partial charge in [-0.25, -0.2) is 0 Å². The summed E-state index contributed by atoms with van der Waals surface area (Å²) in [6, 6.07) is 7.98. The maximum absolute atomic E-state index is 6.15. The number of piperidine rings is 1. The highest BCUT2D eigenvalue weighted by atomic mass is 127. The van der Waals surface area contributed by atoms with E-state index in [-0.39, 0.29) is 30.1 Å². The van der Waals surface area contributed by atoms with E-state index in [9.17, 15) is 0 Å². The smallest absolute Gasteiger partial charge is 0.191 e. The average molecular weight is 525 g/mol. The zero-order valence-corrected chi connectivity index (χ0v) is 20.2. The summed E-state index contributed by atoms with van der Waals surface area (Å²) in [6.07, 6.45) is 3.32. The molecule has 1 aromatic rings. The minimum atomic E-state index is -0.0221. The molecule has 1 aromatic carbocycles. The monoisotopic (exact) mass is 524 g/mol. The molecule has 0 bridgehead atoms. The van der Waals surface area contributed by atoms with Crippen molar-refractivity contribution >= 4 is 41.5 Å². The standard InChI is InChI=1S/C20H33ClN4O2.HI/c1-16(27-19-8-5-4-7-18(19)21)15-23-20(22-2)24-17-9-12-25(13-10-17)11-6-14-26-3;/h4-5,7-8,16-17H,6,9-15H2,1-3H3,(H2,22,23,24);1H. The molecule has 0 saturated carbocycles. The SMILES string of the molecule is CN=C(NCC(C)Oc1ccccc1Cl)NC1CCN(CCCOC)CC1.I. The fourth-order valence-electron chi connectivity index (χ4n) is 3.16. The number of nitrogens with one attached hydrogen (secondary N) is 2. The van der Waals surface area contributed by atoms with Gasteiger partial charge in [0.2, 0.25) is 0 Å². The highest BCUT2D eigenvalue weighted by Crippen LogP contribution is 2.24. The molecule has 2 N–H and O–H groups in total. The largest absolute Gasteiger partial charge is 0.487 e. The van der Waals surface area contributed by atoms with E-state index >= 15 is 0 Å². The third kappa shape index (κ3) is 9.15. The van der Waals surface area contributed by atoms with Gasteiger partial charge in [-0.3, -0.25) is 4.99 Å². The second kappa shape index (κ2) is 14.3. The van der Waals surface area contributed by atoms with E-state index in [1.807, 2.05) is 31.2 Å². The van der Waals surface area contributed by atoms with Crippen molar-refractivity contribution in [1.29, 1.82) is 0 Å². The molecule has 1 fully saturated rings. The van der Waals surface area contributed by atoms with Crippen LogP contribution in [0, 0.1) is 0 Å². The molecule has 0 radical (unpaired) electrons. The topological polar surface area (TPSA) is 58.1 Å². The van der Waals surface area contributed by atoms with Crippen molar-refractivity contribution in [2.24, 2.45) is 4.99 Å². The maximum Gasteiger partial charge on any atom is 0.191 e. The van der Waals surface area contributed by atoms with Crippen molar-refractivity contribution in [1.82, 2.24) is 15.5 Å². The number of nitrogens with zero attached hydrogens (tertiary/aromatic N) is 2. The number of methoxy groups -OCH3 is 1. The number of aliphatic imine (C=N–C) groups is 1. The summed E-state index contributed by atoms with van der Waals surface area (Å²) in [5, 5.41) is 7.51. The zero-order valence-electron chi connectivity index (χ0n) is 17.1. The first-order valence-electron chi connectivity index (χ1n) is 9.72. The zero-order chi connectivity index (χ0) is 19.5. The minimum Gasteiger partial charge on any atom is -0.487 e. The molecule has 1 aliphatic heterocycles. The normalized spacial score (nSPS) is 16.9. The Labute approximate surface area is 191 Å². The summed E-state index contributed by atoms with van der Waals surface area (Å²) >= 11 is 6.15. The summed E-state index contributed by atoms with van der Waals surface area (Å²) in [5.74, 6) is 1.53. The van der Waals surface area contributed by atoms with Gasteiger partial charge in [-0.2, -0.15) is 0 Å². The number of likely N-dealkylation sites (tertiary alicyclic amines) is 1. The van der Waals surface area contributed by atoms with Crippen LogP contribution in [-0.2, 0) is 4.74 Å². The van der Waals surface area contributed by atoms with E-state index in [1.54, 1.807) is 14.2 Å². The molecule has 28 heavy (non-hydrogen) atoms. The molecule has 1 saturated heterocycles. The Morgan fingerprint density at radius 1 is 1.32 bits per heavy atom. The Morgan fingerprint density at radius 3 is 2.68 bits per heavy atom. The number of hydrogen-bond acceptors (Lipinski definition) is 4. The second-order valence-electron chi connectivity index (χ2n) is 6.92. The number of hydrogen-bond donors (Lipinski definition) is 2. The van der Waals surface area contributed by atoms with Crippen molar-refractivity contribution in [3.05, 3.63) is 29.3 Å². The Bertz CT molecular complexity index is 583. The lowest BCUT2D eigenvalue weighted by atomic mass is 10.1. The first kappa shape index (κ1) is 25.3. The highest BCUT2D eigenvalue weighted by molar-refractivity contribution is 14.0. The van der Waals surface area contributed by atoms with Gasteiger partial charge in [0.15, 0.2) is 5.96 Å². The van der Waals surface area contributed by atoms with Gasteiger partial charge in [-0.1, -0.05) is 23.7 Å². The Balaban J connectivity index is 0.00000392. The molecule has 0 amide bonds. The number of halogens is 2. The molecular formula is C20H34ClIN4O2. The molecule has 1 unspecified atom stereocenters. The lowest BCUT2D eigenvalue weighted by Crippen LogP contribution is -2.50. The predicted molar refractivity (Wildman–Crippen MR) is 127 cm³/mol. The second-order valence-corrected chi connectivity index (χ2v) is 7.33.